The maximum Gasteiger partial charge on any atom is 0.311 e. The molecule has 0 aliphatic heterocycles. The Balaban J connectivity index is 1.66. The summed E-state index contributed by atoms with van der Waals surface area (Å²) in [6, 6.07) is 18.9. The van der Waals surface area contributed by atoms with Gasteiger partial charge in [0.25, 0.3) is 0 Å². The predicted molar refractivity (Wildman–Crippen MR) is 108 cm³/mol. The summed E-state index contributed by atoms with van der Waals surface area (Å²) in [5.41, 5.74) is -0.874. The number of rotatable bonds is 6. The topological polar surface area (TPSA) is 59.3 Å². The van der Waals surface area contributed by atoms with Crippen molar-refractivity contribution in [3.8, 4) is 17.6 Å². The highest BCUT2D eigenvalue weighted by molar-refractivity contribution is 6.56. The molecule has 4 nitrogen and oxygen atoms in total. The fourth-order valence-electron chi connectivity index (χ4n) is 3.52. The standard InChI is InChI=1S/C22H19Cl2NO3/c1-21(2)19(22(21,14-25)12-18(23)24)20(26)27-13-15-7-6-10-17(11-15)28-16-8-4-3-5-9-16/h3-12,19H,13H2,1-2H3/t19-,22+/m1/s1. The highest BCUT2D eigenvalue weighted by atomic mass is 35.5. The van der Waals surface area contributed by atoms with E-state index in [-0.39, 0.29) is 11.1 Å². The minimum atomic E-state index is -1.05. The van der Waals surface area contributed by atoms with Crippen LogP contribution in [-0.4, -0.2) is 5.97 Å². The van der Waals surface area contributed by atoms with Crippen LogP contribution in [0.3, 0.4) is 0 Å². The smallest absolute Gasteiger partial charge is 0.311 e. The predicted octanol–water partition coefficient (Wildman–Crippen LogP) is 6.01. The molecular weight excluding hydrogens is 397 g/mol. The van der Waals surface area contributed by atoms with Gasteiger partial charge in [-0.25, -0.2) is 0 Å². The summed E-state index contributed by atoms with van der Waals surface area (Å²) in [5.74, 6) is 0.294. The Hall–Kier alpha value is -2.48. The lowest BCUT2D eigenvalue weighted by atomic mass is 9.98. The molecule has 2 aromatic carbocycles. The van der Waals surface area contributed by atoms with Crippen LogP contribution in [0.15, 0.2) is 65.2 Å². The summed E-state index contributed by atoms with van der Waals surface area (Å²) in [7, 11) is 0. The number of ether oxygens (including phenoxy) is 2. The number of para-hydroxylation sites is 1. The molecule has 144 valence electrons. The van der Waals surface area contributed by atoms with Crippen molar-refractivity contribution < 1.29 is 14.3 Å². The third-order valence-corrected chi connectivity index (χ3v) is 5.39. The molecule has 0 aromatic heterocycles. The number of carbonyl (C=O) groups excluding carboxylic acids is 1. The third-order valence-electron chi connectivity index (χ3n) is 5.18. The first kappa shape index (κ1) is 20.3. The lowest BCUT2D eigenvalue weighted by Gasteiger charge is -2.09. The zero-order valence-corrected chi connectivity index (χ0v) is 17.0. The van der Waals surface area contributed by atoms with Gasteiger partial charge in [0.05, 0.1) is 17.4 Å². The van der Waals surface area contributed by atoms with Crippen LogP contribution >= 0.6 is 23.2 Å². The second-order valence-corrected chi connectivity index (χ2v) is 8.25. The molecule has 0 amide bonds. The molecular formula is C22H19Cl2NO3. The van der Waals surface area contributed by atoms with E-state index in [1.807, 2.05) is 68.4 Å². The van der Waals surface area contributed by atoms with Crippen molar-refractivity contribution in [1.82, 2.24) is 0 Å². The van der Waals surface area contributed by atoms with E-state index in [9.17, 15) is 10.1 Å². The van der Waals surface area contributed by atoms with Gasteiger partial charge in [-0.15, -0.1) is 0 Å². The van der Waals surface area contributed by atoms with E-state index >= 15 is 0 Å². The van der Waals surface area contributed by atoms with Crippen LogP contribution in [0.5, 0.6) is 11.5 Å². The van der Waals surface area contributed by atoms with Gasteiger partial charge in [0.2, 0.25) is 0 Å². The normalized spacial score (nSPS) is 21.9. The van der Waals surface area contributed by atoms with Crippen LogP contribution < -0.4 is 4.74 Å². The van der Waals surface area contributed by atoms with E-state index in [1.54, 1.807) is 0 Å². The lowest BCUT2D eigenvalue weighted by molar-refractivity contribution is -0.147. The Labute approximate surface area is 174 Å². The van der Waals surface area contributed by atoms with Crippen molar-refractivity contribution in [1.29, 1.82) is 5.26 Å². The van der Waals surface area contributed by atoms with Crippen LogP contribution in [0.2, 0.25) is 0 Å². The molecule has 0 spiro atoms. The molecule has 1 aliphatic rings. The van der Waals surface area contributed by atoms with Gasteiger partial charge in [-0.3, -0.25) is 4.79 Å². The van der Waals surface area contributed by atoms with Crippen molar-refractivity contribution in [2.75, 3.05) is 0 Å². The fourth-order valence-corrected chi connectivity index (χ4v) is 3.87. The first-order valence-electron chi connectivity index (χ1n) is 8.74. The third kappa shape index (κ3) is 3.87. The van der Waals surface area contributed by atoms with E-state index in [2.05, 4.69) is 6.07 Å². The largest absolute Gasteiger partial charge is 0.461 e. The van der Waals surface area contributed by atoms with Gasteiger partial charge in [-0.2, -0.15) is 5.26 Å². The summed E-state index contributed by atoms with van der Waals surface area (Å²) < 4.78 is 11.2. The zero-order valence-electron chi connectivity index (χ0n) is 15.5. The maximum absolute atomic E-state index is 12.6. The Morgan fingerprint density at radius 1 is 1.14 bits per heavy atom. The van der Waals surface area contributed by atoms with Crippen molar-refractivity contribution in [2.45, 2.75) is 20.5 Å². The monoisotopic (exact) mass is 415 g/mol. The SMILES string of the molecule is CC1(C)[C@@H](C(=O)OCc2cccc(Oc3ccccc3)c2)[C@@]1(C#N)C=C(Cl)Cl. The Morgan fingerprint density at radius 2 is 1.82 bits per heavy atom. The zero-order chi connectivity index (χ0) is 20.4. The number of hydrogen-bond acceptors (Lipinski definition) is 4. The van der Waals surface area contributed by atoms with E-state index in [1.165, 1.54) is 6.08 Å². The fraction of sp³-hybridized carbons (Fsp3) is 0.273. The van der Waals surface area contributed by atoms with E-state index in [4.69, 9.17) is 32.7 Å². The quantitative estimate of drug-likeness (QED) is 0.542. The molecule has 1 aliphatic carbocycles. The first-order chi connectivity index (χ1) is 13.3. The molecule has 2 atom stereocenters. The molecule has 0 N–H and O–H groups in total. The summed E-state index contributed by atoms with van der Waals surface area (Å²) in [5, 5.41) is 9.59. The summed E-state index contributed by atoms with van der Waals surface area (Å²) in [4.78, 5) is 12.6. The Morgan fingerprint density at radius 3 is 2.46 bits per heavy atom. The average molecular weight is 416 g/mol. The minimum Gasteiger partial charge on any atom is -0.461 e. The molecule has 0 bridgehead atoms. The highest BCUT2D eigenvalue weighted by Gasteiger charge is 2.75. The molecule has 1 saturated carbocycles. The summed E-state index contributed by atoms with van der Waals surface area (Å²) >= 11 is 11.5. The maximum atomic E-state index is 12.6. The molecule has 6 heteroatoms. The molecule has 1 fully saturated rings. The van der Waals surface area contributed by atoms with E-state index in [0.717, 1.165) is 11.3 Å². The van der Waals surface area contributed by atoms with Gasteiger partial charge in [0.1, 0.15) is 22.6 Å². The van der Waals surface area contributed by atoms with Gasteiger partial charge in [0, 0.05) is 5.41 Å². The minimum absolute atomic E-state index is 0.0318. The Kier molecular flexibility index (Phi) is 5.69. The summed E-state index contributed by atoms with van der Waals surface area (Å²) in [6.07, 6.45) is 1.43. The van der Waals surface area contributed by atoms with Crippen LogP contribution in [0.4, 0.5) is 0 Å². The number of carbonyl (C=O) groups is 1. The van der Waals surface area contributed by atoms with Gasteiger partial charge >= 0.3 is 5.97 Å². The number of nitriles is 1. The molecule has 0 radical (unpaired) electrons. The molecule has 3 rings (SSSR count). The first-order valence-corrected chi connectivity index (χ1v) is 9.49. The Bertz CT molecular complexity index is 946. The van der Waals surface area contributed by atoms with Crippen molar-refractivity contribution in [2.24, 2.45) is 16.7 Å². The van der Waals surface area contributed by atoms with Gasteiger partial charge in [0.15, 0.2) is 0 Å². The van der Waals surface area contributed by atoms with Crippen LogP contribution in [0.1, 0.15) is 19.4 Å². The van der Waals surface area contributed by atoms with Crippen LogP contribution in [-0.2, 0) is 16.1 Å². The lowest BCUT2D eigenvalue weighted by Crippen LogP contribution is -2.12. The molecule has 0 saturated heterocycles. The number of esters is 1. The second-order valence-electron chi connectivity index (χ2n) is 7.24. The van der Waals surface area contributed by atoms with Crippen molar-refractivity contribution >= 4 is 29.2 Å². The highest BCUT2D eigenvalue weighted by Crippen LogP contribution is 2.70. The van der Waals surface area contributed by atoms with Gasteiger partial charge in [-0.05, 0) is 35.9 Å². The molecule has 2 aromatic rings. The average Bonchev–Trinajstić information content (AvgIpc) is 3.15. The molecule has 28 heavy (non-hydrogen) atoms. The van der Waals surface area contributed by atoms with Crippen molar-refractivity contribution in [3.63, 3.8) is 0 Å². The number of nitrogens with zero attached hydrogens (tertiary/aromatic N) is 1. The van der Waals surface area contributed by atoms with Crippen molar-refractivity contribution in [3.05, 3.63) is 70.7 Å². The van der Waals surface area contributed by atoms with Gasteiger partial charge < -0.3 is 9.47 Å². The number of halogens is 2. The van der Waals surface area contributed by atoms with E-state index < -0.39 is 22.7 Å². The van der Waals surface area contributed by atoms with Crippen LogP contribution in [0, 0.1) is 28.1 Å². The summed E-state index contributed by atoms with van der Waals surface area (Å²) in [6.45, 7) is 3.73. The second kappa shape index (κ2) is 7.87. The number of allylic oxidation sites excluding steroid dienone is 1. The van der Waals surface area contributed by atoms with E-state index in [0.29, 0.717) is 5.75 Å². The number of hydrogen-bond donors (Lipinski definition) is 0. The molecule has 0 unspecified atom stereocenters. The van der Waals surface area contributed by atoms with Gasteiger partial charge in [-0.1, -0.05) is 67.4 Å². The van der Waals surface area contributed by atoms with Crippen LogP contribution in [0.25, 0.3) is 0 Å². The molecule has 0 heterocycles. The number of benzene rings is 2.